The van der Waals surface area contributed by atoms with Crippen LogP contribution in [0.1, 0.15) is 19.5 Å². The molecule has 0 unspecified atom stereocenters. The van der Waals surface area contributed by atoms with Crippen LogP contribution in [-0.4, -0.2) is 20.7 Å². The normalized spacial score (nSPS) is 10.7. The van der Waals surface area contributed by atoms with Crippen molar-refractivity contribution in [1.29, 1.82) is 0 Å². The van der Waals surface area contributed by atoms with Gasteiger partial charge in [0.05, 0.1) is 17.3 Å². The molecule has 2 heterocycles. The van der Waals surface area contributed by atoms with Crippen molar-refractivity contribution in [1.82, 2.24) is 14.1 Å². The summed E-state index contributed by atoms with van der Waals surface area (Å²) in [4.78, 5) is 16.4. The number of hydrogen-bond donors (Lipinski definition) is 1. The van der Waals surface area contributed by atoms with Crippen LogP contribution in [-0.2, 0) is 13.1 Å². The molecule has 0 atom stereocenters. The highest BCUT2D eigenvalue weighted by molar-refractivity contribution is 6.31. The van der Waals surface area contributed by atoms with Gasteiger partial charge in [-0.3, -0.25) is 9.13 Å². The Morgan fingerprint density at radius 2 is 2.00 bits per heavy atom. The van der Waals surface area contributed by atoms with Gasteiger partial charge in [0.1, 0.15) is 5.82 Å². The minimum absolute atomic E-state index is 0.0470. The fraction of sp³-hybridized carbons (Fsp3) is 0.385. The van der Waals surface area contributed by atoms with Gasteiger partial charge < -0.3 is 5.32 Å². The summed E-state index contributed by atoms with van der Waals surface area (Å²) in [6.45, 7) is 5.76. The van der Waals surface area contributed by atoms with Crippen molar-refractivity contribution >= 4 is 17.4 Å². The van der Waals surface area contributed by atoms with Gasteiger partial charge in [0, 0.05) is 25.5 Å². The number of anilines is 1. The first-order valence-corrected chi connectivity index (χ1v) is 6.68. The molecule has 2 aromatic rings. The Bertz CT molecular complexity index is 617. The first-order chi connectivity index (χ1) is 9.15. The number of nitrogens with one attached hydrogen (secondary N) is 1. The molecule has 0 fully saturated rings. The van der Waals surface area contributed by atoms with Crippen molar-refractivity contribution in [3.8, 4) is 0 Å². The molecule has 0 radical (unpaired) electrons. The van der Waals surface area contributed by atoms with Gasteiger partial charge in [-0.2, -0.15) is 0 Å². The highest BCUT2D eigenvalue weighted by Crippen LogP contribution is 2.17. The standard InChI is InChI=1S/C13H17ClN4O/c1-3-15-12-6-5-10(14)11(16-12)9-18-8-7-17(4-2)13(18)19/h5-8H,3-4,9H2,1-2H3,(H,15,16). The molecule has 0 saturated carbocycles. The number of halogens is 1. The molecule has 1 N–H and O–H groups in total. The smallest absolute Gasteiger partial charge is 0.328 e. The lowest BCUT2D eigenvalue weighted by atomic mass is 10.3. The Kier molecular flexibility index (Phi) is 4.27. The Morgan fingerprint density at radius 1 is 1.26 bits per heavy atom. The van der Waals surface area contributed by atoms with E-state index >= 15 is 0 Å². The average Bonchev–Trinajstić information content (AvgIpc) is 2.75. The molecule has 0 amide bonds. The van der Waals surface area contributed by atoms with E-state index < -0.39 is 0 Å². The van der Waals surface area contributed by atoms with E-state index in [2.05, 4.69) is 10.3 Å². The second kappa shape index (κ2) is 5.93. The van der Waals surface area contributed by atoms with Crippen LogP contribution < -0.4 is 11.0 Å². The second-order valence-electron chi connectivity index (χ2n) is 4.15. The summed E-state index contributed by atoms with van der Waals surface area (Å²) < 4.78 is 3.25. The van der Waals surface area contributed by atoms with Crippen molar-refractivity contribution < 1.29 is 0 Å². The number of rotatable bonds is 5. The summed E-state index contributed by atoms with van der Waals surface area (Å²) in [5.41, 5.74) is 0.644. The summed E-state index contributed by atoms with van der Waals surface area (Å²) in [5.74, 6) is 0.768. The first-order valence-electron chi connectivity index (χ1n) is 6.30. The van der Waals surface area contributed by atoms with Gasteiger partial charge in [0.15, 0.2) is 0 Å². The SMILES string of the molecule is CCNc1ccc(Cl)c(Cn2ccn(CC)c2=O)n1. The molecule has 0 aliphatic carbocycles. The summed E-state index contributed by atoms with van der Waals surface area (Å²) >= 11 is 6.13. The lowest BCUT2D eigenvalue weighted by Gasteiger charge is -2.08. The molecule has 0 bridgehead atoms. The van der Waals surface area contributed by atoms with E-state index in [1.807, 2.05) is 19.9 Å². The van der Waals surface area contributed by atoms with Crippen LogP contribution in [0.15, 0.2) is 29.3 Å². The molecule has 0 aromatic carbocycles. The van der Waals surface area contributed by atoms with Gasteiger partial charge in [-0.1, -0.05) is 11.6 Å². The Hall–Kier alpha value is -1.75. The summed E-state index contributed by atoms with van der Waals surface area (Å²) in [6.07, 6.45) is 3.52. The van der Waals surface area contributed by atoms with E-state index in [4.69, 9.17) is 11.6 Å². The predicted molar refractivity (Wildman–Crippen MR) is 76.9 cm³/mol. The quantitative estimate of drug-likeness (QED) is 0.913. The van der Waals surface area contributed by atoms with E-state index in [0.717, 1.165) is 12.4 Å². The third-order valence-corrected chi connectivity index (χ3v) is 3.20. The molecule has 0 saturated heterocycles. The van der Waals surface area contributed by atoms with Gasteiger partial charge in [0.2, 0.25) is 0 Å². The van der Waals surface area contributed by atoms with Crippen LogP contribution in [0.3, 0.4) is 0 Å². The van der Waals surface area contributed by atoms with Gasteiger partial charge in [0.25, 0.3) is 0 Å². The average molecular weight is 281 g/mol. The lowest BCUT2D eigenvalue weighted by Crippen LogP contribution is -2.24. The van der Waals surface area contributed by atoms with Crippen LogP contribution in [0.5, 0.6) is 0 Å². The molecule has 5 nitrogen and oxygen atoms in total. The van der Waals surface area contributed by atoms with Crippen molar-refractivity contribution in [3.05, 3.63) is 45.7 Å². The van der Waals surface area contributed by atoms with Gasteiger partial charge in [-0.25, -0.2) is 9.78 Å². The second-order valence-corrected chi connectivity index (χ2v) is 4.56. The fourth-order valence-corrected chi connectivity index (χ4v) is 2.02. The summed E-state index contributed by atoms with van der Waals surface area (Å²) in [6, 6.07) is 3.62. The summed E-state index contributed by atoms with van der Waals surface area (Å²) in [5, 5.41) is 3.70. The van der Waals surface area contributed by atoms with E-state index in [0.29, 0.717) is 23.8 Å². The molecular weight excluding hydrogens is 264 g/mol. The van der Waals surface area contributed by atoms with E-state index in [9.17, 15) is 4.79 Å². The molecule has 2 aromatic heterocycles. The van der Waals surface area contributed by atoms with Crippen LogP contribution in [0.4, 0.5) is 5.82 Å². The van der Waals surface area contributed by atoms with Crippen molar-refractivity contribution in [2.24, 2.45) is 0 Å². The predicted octanol–water partition coefficient (Wildman–Crippen LogP) is 2.20. The third-order valence-electron chi connectivity index (χ3n) is 2.86. The van der Waals surface area contributed by atoms with Crippen molar-refractivity contribution in [2.45, 2.75) is 26.9 Å². The Morgan fingerprint density at radius 3 is 2.63 bits per heavy atom. The van der Waals surface area contributed by atoms with Gasteiger partial charge >= 0.3 is 5.69 Å². The minimum Gasteiger partial charge on any atom is -0.370 e. The van der Waals surface area contributed by atoms with Crippen LogP contribution in [0, 0.1) is 0 Å². The molecule has 0 aliphatic heterocycles. The van der Waals surface area contributed by atoms with Crippen LogP contribution in [0.2, 0.25) is 5.02 Å². The van der Waals surface area contributed by atoms with Crippen molar-refractivity contribution in [3.63, 3.8) is 0 Å². The largest absolute Gasteiger partial charge is 0.370 e. The molecule has 6 heteroatoms. The zero-order valence-corrected chi connectivity index (χ0v) is 11.8. The number of aryl methyl sites for hydroxylation is 1. The highest BCUT2D eigenvalue weighted by atomic mass is 35.5. The third kappa shape index (κ3) is 2.98. The Labute approximate surface area is 116 Å². The maximum atomic E-state index is 12.0. The Balaban J connectivity index is 2.29. The maximum Gasteiger partial charge on any atom is 0.328 e. The zero-order valence-electron chi connectivity index (χ0n) is 11.1. The number of pyridine rings is 1. The highest BCUT2D eigenvalue weighted by Gasteiger charge is 2.08. The summed E-state index contributed by atoms with van der Waals surface area (Å²) in [7, 11) is 0. The van der Waals surface area contributed by atoms with E-state index in [1.165, 1.54) is 0 Å². The lowest BCUT2D eigenvalue weighted by molar-refractivity contribution is 0.662. The molecule has 0 aliphatic rings. The number of hydrogen-bond acceptors (Lipinski definition) is 3. The molecular formula is C13H17ClN4O. The first kappa shape index (κ1) is 13.7. The van der Waals surface area contributed by atoms with Crippen LogP contribution in [0.25, 0.3) is 0 Å². The molecule has 2 rings (SSSR count). The molecule has 19 heavy (non-hydrogen) atoms. The zero-order chi connectivity index (χ0) is 13.8. The fourth-order valence-electron chi connectivity index (χ4n) is 1.85. The topological polar surface area (TPSA) is 51.9 Å². The molecule has 102 valence electrons. The number of aromatic nitrogens is 3. The van der Waals surface area contributed by atoms with E-state index in [1.54, 1.807) is 27.6 Å². The monoisotopic (exact) mass is 280 g/mol. The van der Waals surface area contributed by atoms with Gasteiger partial charge in [-0.15, -0.1) is 0 Å². The number of imidazole rings is 1. The molecule has 0 spiro atoms. The van der Waals surface area contributed by atoms with E-state index in [-0.39, 0.29) is 5.69 Å². The minimum atomic E-state index is -0.0470. The van der Waals surface area contributed by atoms with Gasteiger partial charge in [-0.05, 0) is 26.0 Å². The number of nitrogens with zero attached hydrogens (tertiary/aromatic N) is 3. The van der Waals surface area contributed by atoms with Crippen molar-refractivity contribution in [2.75, 3.05) is 11.9 Å². The maximum absolute atomic E-state index is 12.0. The van der Waals surface area contributed by atoms with Crippen LogP contribution >= 0.6 is 11.6 Å².